The number of para-hydroxylation sites is 1. The maximum absolute atomic E-state index is 12.6. The molecule has 1 N–H and O–H groups in total. The molecular weight excluding hydrogens is 368 g/mol. The molecule has 2 heterocycles. The van der Waals surface area contributed by atoms with Crippen molar-refractivity contribution >= 4 is 17.3 Å². The average molecular weight is 388 g/mol. The Morgan fingerprint density at radius 3 is 2.83 bits per heavy atom. The third-order valence-electron chi connectivity index (χ3n) is 5.14. The van der Waals surface area contributed by atoms with E-state index in [-0.39, 0.29) is 23.2 Å². The van der Waals surface area contributed by atoms with Gasteiger partial charge in [-0.1, -0.05) is 30.3 Å². The van der Waals surface area contributed by atoms with Gasteiger partial charge in [0.25, 0.3) is 11.6 Å². The molecule has 2 aromatic carbocycles. The van der Waals surface area contributed by atoms with E-state index in [2.05, 4.69) is 27.3 Å². The van der Waals surface area contributed by atoms with Gasteiger partial charge in [-0.3, -0.25) is 19.9 Å². The molecule has 0 aliphatic carbocycles. The molecule has 0 spiro atoms. The van der Waals surface area contributed by atoms with E-state index >= 15 is 0 Å². The van der Waals surface area contributed by atoms with Crippen molar-refractivity contribution in [2.24, 2.45) is 0 Å². The standard InChI is InChI=1S/C22H20N4O3/c27-22(17-6-3-8-19(13-17)26(28)29)24-15-21(18-7-4-11-23-14-18)25-12-10-16-5-1-2-9-20(16)25/h1-9,11,13-14,21H,10,12,15H2,(H,24,27). The van der Waals surface area contributed by atoms with Crippen LogP contribution in [-0.4, -0.2) is 28.9 Å². The number of hydrogen-bond donors (Lipinski definition) is 1. The summed E-state index contributed by atoms with van der Waals surface area (Å²) in [6.45, 7) is 1.22. The molecule has 146 valence electrons. The molecule has 1 unspecified atom stereocenters. The Balaban J connectivity index is 1.56. The molecule has 29 heavy (non-hydrogen) atoms. The highest BCUT2D eigenvalue weighted by Crippen LogP contribution is 2.34. The third-order valence-corrected chi connectivity index (χ3v) is 5.14. The fourth-order valence-corrected chi connectivity index (χ4v) is 3.72. The third kappa shape index (κ3) is 3.94. The van der Waals surface area contributed by atoms with Crippen LogP contribution in [0.3, 0.4) is 0 Å². The zero-order chi connectivity index (χ0) is 20.2. The topological polar surface area (TPSA) is 88.4 Å². The smallest absolute Gasteiger partial charge is 0.270 e. The Kier molecular flexibility index (Phi) is 5.20. The van der Waals surface area contributed by atoms with E-state index in [0.29, 0.717) is 6.54 Å². The van der Waals surface area contributed by atoms with E-state index in [9.17, 15) is 14.9 Å². The molecule has 3 aromatic rings. The fourth-order valence-electron chi connectivity index (χ4n) is 3.72. The maximum atomic E-state index is 12.6. The van der Waals surface area contributed by atoms with Crippen molar-refractivity contribution in [3.05, 3.63) is 99.9 Å². The van der Waals surface area contributed by atoms with Gasteiger partial charge in [0.05, 0.1) is 11.0 Å². The molecule has 4 rings (SSSR count). The number of aromatic nitrogens is 1. The highest BCUT2D eigenvalue weighted by Gasteiger charge is 2.27. The quantitative estimate of drug-likeness (QED) is 0.516. The normalized spacial score (nSPS) is 13.6. The van der Waals surface area contributed by atoms with Crippen molar-refractivity contribution in [2.75, 3.05) is 18.0 Å². The molecule has 7 nitrogen and oxygen atoms in total. The maximum Gasteiger partial charge on any atom is 0.270 e. The Hall–Kier alpha value is -3.74. The molecule has 1 aliphatic rings. The minimum Gasteiger partial charge on any atom is -0.362 e. The van der Waals surface area contributed by atoms with Gasteiger partial charge in [-0.25, -0.2) is 0 Å². The number of nitro benzene ring substituents is 1. The van der Waals surface area contributed by atoms with Crippen molar-refractivity contribution < 1.29 is 9.72 Å². The van der Waals surface area contributed by atoms with Crippen LogP contribution in [0.1, 0.15) is 27.5 Å². The van der Waals surface area contributed by atoms with Crippen molar-refractivity contribution in [3.8, 4) is 0 Å². The van der Waals surface area contributed by atoms with Crippen molar-refractivity contribution in [1.29, 1.82) is 0 Å². The number of hydrogen-bond acceptors (Lipinski definition) is 5. The van der Waals surface area contributed by atoms with E-state index in [0.717, 1.165) is 24.2 Å². The van der Waals surface area contributed by atoms with Crippen LogP contribution in [0.25, 0.3) is 0 Å². The Morgan fingerprint density at radius 2 is 2.03 bits per heavy atom. The largest absolute Gasteiger partial charge is 0.362 e. The van der Waals surface area contributed by atoms with Gasteiger partial charge < -0.3 is 10.2 Å². The van der Waals surface area contributed by atoms with Gasteiger partial charge in [-0.2, -0.15) is 0 Å². The zero-order valence-corrected chi connectivity index (χ0v) is 15.7. The average Bonchev–Trinajstić information content (AvgIpc) is 3.18. The number of amides is 1. The lowest BCUT2D eigenvalue weighted by Crippen LogP contribution is -2.37. The minimum absolute atomic E-state index is 0.0880. The zero-order valence-electron chi connectivity index (χ0n) is 15.7. The van der Waals surface area contributed by atoms with Crippen LogP contribution >= 0.6 is 0 Å². The first-order valence-corrected chi connectivity index (χ1v) is 9.40. The summed E-state index contributed by atoms with van der Waals surface area (Å²) in [6.07, 6.45) is 4.48. The molecule has 0 radical (unpaired) electrons. The number of rotatable bonds is 6. The number of non-ortho nitro benzene ring substituents is 1. The summed E-state index contributed by atoms with van der Waals surface area (Å²) in [4.78, 5) is 29.6. The van der Waals surface area contributed by atoms with E-state index < -0.39 is 4.92 Å². The second-order valence-corrected chi connectivity index (χ2v) is 6.89. The molecule has 7 heteroatoms. The second kappa shape index (κ2) is 8.10. The second-order valence-electron chi connectivity index (χ2n) is 6.89. The Morgan fingerprint density at radius 1 is 1.17 bits per heavy atom. The monoisotopic (exact) mass is 388 g/mol. The van der Waals surface area contributed by atoms with Crippen LogP contribution in [0, 0.1) is 10.1 Å². The summed E-state index contributed by atoms with van der Waals surface area (Å²) < 4.78 is 0. The molecule has 1 aromatic heterocycles. The van der Waals surface area contributed by atoms with E-state index in [4.69, 9.17) is 0 Å². The number of carbonyl (C=O) groups is 1. The molecule has 0 bridgehead atoms. The van der Waals surface area contributed by atoms with Gasteiger partial charge in [-0.15, -0.1) is 0 Å². The summed E-state index contributed by atoms with van der Waals surface area (Å²) in [7, 11) is 0. The summed E-state index contributed by atoms with van der Waals surface area (Å²) in [5, 5.41) is 13.9. The summed E-state index contributed by atoms with van der Waals surface area (Å²) in [6, 6.07) is 17.8. The van der Waals surface area contributed by atoms with Crippen LogP contribution in [-0.2, 0) is 6.42 Å². The molecule has 0 saturated heterocycles. The number of nitrogens with one attached hydrogen (secondary N) is 1. The number of fused-ring (bicyclic) bond motifs is 1. The number of anilines is 1. The SMILES string of the molecule is O=C(NCC(c1cccnc1)N1CCc2ccccc21)c1cccc([N+](=O)[O-])c1. The van der Waals surface area contributed by atoms with Crippen molar-refractivity contribution in [1.82, 2.24) is 10.3 Å². The molecule has 0 fully saturated rings. The van der Waals surface area contributed by atoms with Crippen molar-refractivity contribution in [3.63, 3.8) is 0 Å². The van der Waals surface area contributed by atoms with Crippen LogP contribution in [0.5, 0.6) is 0 Å². The lowest BCUT2D eigenvalue weighted by Gasteiger charge is -2.31. The predicted molar refractivity (Wildman–Crippen MR) is 110 cm³/mol. The molecule has 1 atom stereocenters. The van der Waals surface area contributed by atoms with Crippen molar-refractivity contribution in [2.45, 2.75) is 12.5 Å². The lowest BCUT2D eigenvalue weighted by atomic mass is 10.1. The minimum atomic E-state index is -0.504. The van der Waals surface area contributed by atoms with Crippen LogP contribution in [0.2, 0.25) is 0 Å². The fraction of sp³-hybridized carbons (Fsp3) is 0.182. The lowest BCUT2D eigenvalue weighted by molar-refractivity contribution is -0.384. The van der Waals surface area contributed by atoms with Gasteiger partial charge in [0, 0.05) is 48.9 Å². The van der Waals surface area contributed by atoms with Crippen LogP contribution in [0.4, 0.5) is 11.4 Å². The first-order chi connectivity index (χ1) is 14.1. The van der Waals surface area contributed by atoms with Crippen LogP contribution < -0.4 is 10.2 Å². The molecular formula is C22H20N4O3. The highest BCUT2D eigenvalue weighted by atomic mass is 16.6. The number of pyridine rings is 1. The summed E-state index contributed by atoms with van der Waals surface area (Å²) in [5.41, 5.74) is 3.61. The van der Waals surface area contributed by atoms with Gasteiger partial charge in [0.15, 0.2) is 0 Å². The van der Waals surface area contributed by atoms with Gasteiger partial charge in [-0.05, 0) is 35.7 Å². The van der Waals surface area contributed by atoms with E-state index in [1.165, 1.54) is 23.8 Å². The molecule has 1 amide bonds. The summed E-state index contributed by atoms with van der Waals surface area (Å²) >= 11 is 0. The highest BCUT2D eigenvalue weighted by molar-refractivity contribution is 5.94. The van der Waals surface area contributed by atoms with E-state index in [1.54, 1.807) is 12.3 Å². The first-order valence-electron chi connectivity index (χ1n) is 9.40. The number of carbonyl (C=O) groups excluding carboxylic acids is 1. The number of nitrogens with zero attached hydrogens (tertiary/aromatic N) is 3. The molecule has 1 aliphatic heterocycles. The van der Waals surface area contributed by atoms with Gasteiger partial charge in [0.1, 0.15) is 0 Å². The summed E-state index contributed by atoms with van der Waals surface area (Å²) in [5.74, 6) is -0.338. The Labute approximate surface area is 168 Å². The first kappa shape index (κ1) is 18.6. The van der Waals surface area contributed by atoms with Crippen LogP contribution in [0.15, 0.2) is 73.1 Å². The van der Waals surface area contributed by atoms with Gasteiger partial charge in [0.2, 0.25) is 0 Å². The number of benzene rings is 2. The van der Waals surface area contributed by atoms with Gasteiger partial charge >= 0.3 is 0 Å². The Bertz CT molecular complexity index is 1040. The van der Waals surface area contributed by atoms with E-state index in [1.807, 2.05) is 30.5 Å². The number of nitro groups is 1. The predicted octanol–water partition coefficient (Wildman–Crippen LogP) is 3.52. The molecule has 0 saturated carbocycles.